The van der Waals surface area contributed by atoms with Gasteiger partial charge in [0.25, 0.3) is 0 Å². The first kappa shape index (κ1) is 24.1. The lowest BCUT2D eigenvalue weighted by Crippen LogP contribution is -1.99. The Kier molecular flexibility index (Phi) is 6.64. The second-order valence-electron chi connectivity index (χ2n) is 8.70. The first-order valence-corrected chi connectivity index (χ1v) is 11.6. The van der Waals surface area contributed by atoms with E-state index in [0.29, 0.717) is 29.1 Å². The lowest BCUT2D eigenvalue weighted by atomic mass is 9.94. The van der Waals surface area contributed by atoms with Crippen molar-refractivity contribution in [3.63, 3.8) is 0 Å². The van der Waals surface area contributed by atoms with Crippen LogP contribution in [0.1, 0.15) is 28.7 Å². The maximum Gasteiger partial charge on any atom is 0.307 e. The molecule has 6 heteroatoms. The van der Waals surface area contributed by atoms with Crippen molar-refractivity contribution in [3.8, 4) is 11.5 Å². The Morgan fingerprint density at radius 2 is 1.27 bits per heavy atom. The molecule has 1 aliphatic rings. The molecule has 0 bridgehead atoms. The highest BCUT2D eigenvalue weighted by Crippen LogP contribution is 2.45. The molecular formula is C31H21F3O3. The van der Waals surface area contributed by atoms with Crippen LogP contribution in [-0.2, 0) is 11.2 Å². The molecule has 1 N–H and O–H groups in total. The molecular weight excluding hydrogens is 477 g/mol. The van der Waals surface area contributed by atoms with Crippen LogP contribution < -0.4 is 4.74 Å². The monoisotopic (exact) mass is 498 g/mol. The molecule has 0 amide bonds. The first-order valence-electron chi connectivity index (χ1n) is 11.6. The number of carboxylic acids is 1. The number of hydrogen-bond donors (Lipinski definition) is 1. The van der Waals surface area contributed by atoms with Crippen LogP contribution in [0.4, 0.5) is 13.2 Å². The van der Waals surface area contributed by atoms with Gasteiger partial charge in [0.2, 0.25) is 0 Å². The number of carboxylic acid groups (broad SMARTS) is 1. The Morgan fingerprint density at radius 3 is 1.89 bits per heavy atom. The molecule has 0 aromatic heterocycles. The van der Waals surface area contributed by atoms with Crippen molar-refractivity contribution in [2.75, 3.05) is 0 Å². The molecule has 0 heterocycles. The molecule has 1 aliphatic carbocycles. The fourth-order valence-corrected chi connectivity index (χ4v) is 4.45. The SMILES string of the molecule is O=C(O)CC1=C(Cc2ccc(Oc3ccc(F)cc3)cc2)/C(=C/c2ccc(F)cc2)c2ccc(F)cc21. The van der Waals surface area contributed by atoms with Crippen LogP contribution in [0.3, 0.4) is 0 Å². The predicted molar refractivity (Wildman–Crippen MR) is 136 cm³/mol. The summed E-state index contributed by atoms with van der Waals surface area (Å²) in [4.78, 5) is 11.8. The quantitative estimate of drug-likeness (QED) is 0.282. The van der Waals surface area contributed by atoms with Gasteiger partial charge in [-0.15, -0.1) is 0 Å². The number of fused-ring (bicyclic) bond motifs is 1. The molecule has 0 fully saturated rings. The van der Waals surface area contributed by atoms with E-state index in [4.69, 9.17) is 4.74 Å². The maximum atomic E-state index is 14.2. The molecule has 4 aromatic carbocycles. The van der Waals surface area contributed by atoms with Crippen LogP contribution in [0, 0.1) is 17.5 Å². The zero-order valence-corrected chi connectivity index (χ0v) is 19.5. The molecule has 5 rings (SSSR count). The van der Waals surface area contributed by atoms with Gasteiger partial charge in [0.15, 0.2) is 0 Å². The number of hydrogen-bond acceptors (Lipinski definition) is 2. The Labute approximate surface area is 211 Å². The van der Waals surface area contributed by atoms with E-state index < -0.39 is 11.8 Å². The van der Waals surface area contributed by atoms with E-state index in [1.54, 1.807) is 30.3 Å². The topological polar surface area (TPSA) is 46.5 Å². The van der Waals surface area contributed by atoms with E-state index in [9.17, 15) is 23.1 Å². The normalized spacial score (nSPS) is 13.6. The van der Waals surface area contributed by atoms with Crippen LogP contribution in [-0.4, -0.2) is 11.1 Å². The van der Waals surface area contributed by atoms with Gasteiger partial charge in [0.1, 0.15) is 29.0 Å². The number of allylic oxidation sites excluding steroid dienone is 2. The van der Waals surface area contributed by atoms with Crippen molar-refractivity contribution >= 4 is 23.2 Å². The minimum absolute atomic E-state index is 0.266. The molecule has 3 nitrogen and oxygen atoms in total. The van der Waals surface area contributed by atoms with Crippen molar-refractivity contribution in [1.82, 2.24) is 0 Å². The van der Waals surface area contributed by atoms with Crippen LogP contribution in [0.5, 0.6) is 11.5 Å². The summed E-state index contributed by atoms with van der Waals surface area (Å²) in [5.74, 6) is -1.12. The third-order valence-corrected chi connectivity index (χ3v) is 6.15. The standard InChI is InChI=1S/C31H21F3O3/c32-21-5-1-19(2-6-21)15-27-26-14-9-23(34)17-29(26)30(18-31(35)36)28(27)16-20-3-10-24(11-4-20)37-25-12-7-22(33)8-13-25/h1-15,17H,16,18H2,(H,35,36)/b27-15+. The lowest BCUT2D eigenvalue weighted by Gasteiger charge is -2.11. The summed E-state index contributed by atoms with van der Waals surface area (Å²) in [5.41, 5.74) is 4.98. The van der Waals surface area contributed by atoms with Gasteiger partial charge in [-0.25, -0.2) is 13.2 Å². The number of aliphatic carboxylic acids is 1. The molecule has 0 spiro atoms. The van der Waals surface area contributed by atoms with Gasteiger partial charge < -0.3 is 9.84 Å². The number of halogens is 3. The van der Waals surface area contributed by atoms with Gasteiger partial charge in [-0.1, -0.05) is 30.3 Å². The van der Waals surface area contributed by atoms with E-state index in [1.165, 1.54) is 48.5 Å². The molecule has 0 aliphatic heterocycles. The first-order chi connectivity index (χ1) is 17.9. The fraction of sp³-hybridized carbons (Fsp3) is 0.0645. The summed E-state index contributed by atoms with van der Waals surface area (Å²) in [6, 6.07) is 23.3. The summed E-state index contributed by atoms with van der Waals surface area (Å²) in [6.07, 6.45) is 1.99. The number of carbonyl (C=O) groups is 1. The molecule has 0 saturated heterocycles. The molecule has 0 saturated carbocycles. The van der Waals surface area contributed by atoms with Crippen LogP contribution in [0.15, 0.2) is 96.6 Å². The second kappa shape index (κ2) is 10.2. The summed E-state index contributed by atoms with van der Waals surface area (Å²) in [6.45, 7) is 0. The highest BCUT2D eigenvalue weighted by Gasteiger charge is 2.28. The van der Waals surface area contributed by atoms with Gasteiger partial charge in [0.05, 0.1) is 6.42 Å². The van der Waals surface area contributed by atoms with Gasteiger partial charge >= 0.3 is 5.97 Å². The summed E-state index contributed by atoms with van der Waals surface area (Å²) >= 11 is 0. The molecule has 37 heavy (non-hydrogen) atoms. The van der Waals surface area contributed by atoms with E-state index >= 15 is 0 Å². The minimum atomic E-state index is -1.02. The number of ether oxygens (including phenoxy) is 1. The average molecular weight is 499 g/mol. The van der Waals surface area contributed by atoms with Gasteiger partial charge in [-0.3, -0.25) is 4.79 Å². The van der Waals surface area contributed by atoms with Crippen molar-refractivity contribution in [2.24, 2.45) is 0 Å². The van der Waals surface area contributed by atoms with Crippen LogP contribution >= 0.6 is 0 Å². The maximum absolute atomic E-state index is 14.2. The Hall–Kier alpha value is -4.58. The third kappa shape index (κ3) is 5.48. The second-order valence-corrected chi connectivity index (χ2v) is 8.70. The highest BCUT2D eigenvalue weighted by molar-refractivity contribution is 6.08. The molecule has 184 valence electrons. The Balaban J connectivity index is 1.52. The van der Waals surface area contributed by atoms with Crippen LogP contribution in [0.25, 0.3) is 17.2 Å². The van der Waals surface area contributed by atoms with Crippen molar-refractivity contribution in [2.45, 2.75) is 12.8 Å². The summed E-state index contributed by atoms with van der Waals surface area (Å²) in [5, 5.41) is 9.62. The highest BCUT2D eigenvalue weighted by atomic mass is 19.1. The zero-order valence-electron chi connectivity index (χ0n) is 19.5. The molecule has 0 atom stereocenters. The largest absolute Gasteiger partial charge is 0.481 e. The molecule has 4 aromatic rings. The van der Waals surface area contributed by atoms with E-state index in [0.717, 1.165) is 27.8 Å². The van der Waals surface area contributed by atoms with Crippen molar-refractivity contribution in [3.05, 3.63) is 136 Å². The molecule has 0 unspecified atom stereocenters. The Bertz CT molecular complexity index is 1520. The van der Waals surface area contributed by atoms with Crippen molar-refractivity contribution < 1.29 is 27.8 Å². The molecule has 0 radical (unpaired) electrons. The van der Waals surface area contributed by atoms with E-state index in [2.05, 4.69) is 0 Å². The fourth-order valence-electron chi connectivity index (χ4n) is 4.45. The zero-order chi connectivity index (χ0) is 25.9. The predicted octanol–water partition coefficient (Wildman–Crippen LogP) is 7.92. The summed E-state index contributed by atoms with van der Waals surface area (Å²) in [7, 11) is 0. The van der Waals surface area contributed by atoms with Crippen LogP contribution in [0.2, 0.25) is 0 Å². The van der Waals surface area contributed by atoms with Gasteiger partial charge in [-0.2, -0.15) is 0 Å². The lowest BCUT2D eigenvalue weighted by molar-refractivity contribution is -0.135. The Morgan fingerprint density at radius 1 is 0.703 bits per heavy atom. The average Bonchev–Trinajstić information content (AvgIpc) is 3.14. The van der Waals surface area contributed by atoms with E-state index in [-0.39, 0.29) is 18.1 Å². The summed E-state index contributed by atoms with van der Waals surface area (Å²) < 4.78 is 46.6. The number of benzene rings is 4. The third-order valence-electron chi connectivity index (χ3n) is 6.15. The van der Waals surface area contributed by atoms with Gasteiger partial charge in [0, 0.05) is 0 Å². The van der Waals surface area contributed by atoms with Crippen molar-refractivity contribution in [1.29, 1.82) is 0 Å². The minimum Gasteiger partial charge on any atom is -0.481 e. The van der Waals surface area contributed by atoms with E-state index in [1.807, 2.05) is 18.2 Å². The van der Waals surface area contributed by atoms with Gasteiger partial charge in [-0.05, 0) is 112 Å². The number of rotatable bonds is 7. The smallest absolute Gasteiger partial charge is 0.307 e.